The topological polar surface area (TPSA) is 58.9 Å². The maximum Gasteiger partial charge on any atom is 0.235 e. The Morgan fingerprint density at radius 3 is 2.12 bits per heavy atom. The molecule has 0 amide bonds. The van der Waals surface area contributed by atoms with Gasteiger partial charge in [0.2, 0.25) is 5.04 Å². The van der Waals surface area contributed by atoms with E-state index in [9.17, 15) is 9.59 Å². The summed E-state index contributed by atoms with van der Waals surface area (Å²) < 4.78 is 14.3. The molecule has 8 atom stereocenters. The summed E-state index contributed by atoms with van der Waals surface area (Å²) in [6.45, 7) is 16.0. The molecule has 51 heavy (non-hydrogen) atoms. The Bertz CT molecular complexity index is 1560. The lowest BCUT2D eigenvalue weighted by Gasteiger charge is -2.36. The number of carbonyl (C=O) groups is 2. The van der Waals surface area contributed by atoms with Crippen molar-refractivity contribution < 1.29 is 23.6 Å². The number of carbonyl (C=O) groups excluding carboxylic acids is 2. The highest BCUT2D eigenvalue weighted by atomic mass is 32.2. The molecule has 8 unspecified atom stereocenters. The van der Waals surface area contributed by atoms with E-state index in [-0.39, 0.29) is 34.9 Å². The summed E-state index contributed by atoms with van der Waals surface area (Å²) in [6, 6.07) is 0.819. The normalized spacial score (nSPS) is 37.2. The highest BCUT2D eigenvalue weighted by Crippen LogP contribution is 2.49. The van der Waals surface area contributed by atoms with Gasteiger partial charge in [0, 0.05) is 56.4 Å². The Labute approximate surface area is 316 Å². The molecule has 0 N–H and O–H groups in total. The molecular weight excluding hydrogens is 673 g/mol. The fourth-order valence-electron chi connectivity index (χ4n) is 9.82. The zero-order chi connectivity index (χ0) is 36.5. The summed E-state index contributed by atoms with van der Waals surface area (Å²) in [5.41, 5.74) is 5.93. The second-order valence-corrected chi connectivity index (χ2v) is 19.7. The van der Waals surface area contributed by atoms with Crippen LogP contribution < -0.4 is 0 Å². The molecule has 1 saturated heterocycles. The number of methoxy groups -OCH3 is 2. The number of ether oxygens (including phenoxy) is 2. The number of hydrogen-bond donors (Lipinski definition) is 0. The van der Waals surface area contributed by atoms with Gasteiger partial charge >= 0.3 is 0 Å². The fourth-order valence-corrected chi connectivity index (χ4v) is 13.1. The van der Waals surface area contributed by atoms with E-state index in [1.807, 2.05) is 37.7 Å². The molecule has 2 saturated carbocycles. The van der Waals surface area contributed by atoms with Crippen LogP contribution in [0.15, 0.2) is 69.9 Å². The van der Waals surface area contributed by atoms with Crippen molar-refractivity contribution in [1.82, 2.24) is 4.90 Å². The van der Waals surface area contributed by atoms with Crippen LogP contribution in [0.2, 0.25) is 0 Å². The molecule has 0 radical (unpaired) electrons. The van der Waals surface area contributed by atoms with E-state index < -0.39 is 0 Å². The van der Waals surface area contributed by atoms with Crippen molar-refractivity contribution in [3.63, 3.8) is 0 Å². The van der Waals surface area contributed by atoms with Gasteiger partial charge in [-0.25, -0.2) is 4.58 Å². The van der Waals surface area contributed by atoms with Crippen LogP contribution in [0.3, 0.4) is 0 Å². The van der Waals surface area contributed by atoms with Gasteiger partial charge in [-0.3, -0.25) is 0 Å². The monoisotopic (exact) mass is 733 g/mol. The molecule has 278 valence electrons. The summed E-state index contributed by atoms with van der Waals surface area (Å²) in [5, 5.41) is 3.61. The minimum absolute atomic E-state index is 0.149. The Balaban J connectivity index is 1.21. The minimum atomic E-state index is -0.160. The third-order valence-corrected chi connectivity index (χ3v) is 14.8. The molecule has 6 aliphatic rings. The van der Waals surface area contributed by atoms with E-state index in [4.69, 9.17) is 9.47 Å². The van der Waals surface area contributed by atoms with Gasteiger partial charge in [0.1, 0.15) is 19.1 Å². The third kappa shape index (κ3) is 8.66. The maximum atomic E-state index is 11.8. The first-order valence-electron chi connectivity index (χ1n) is 19.3. The number of fused-ring (bicyclic) bond motifs is 2. The van der Waals surface area contributed by atoms with Gasteiger partial charge < -0.3 is 24.0 Å². The Morgan fingerprint density at radius 1 is 0.804 bits per heavy atom. The molecule has 2 aliphatic heterocycles. The molecule has 0 aromatic rings. The van der Waals surface area contributed by atoms with Crippen LogP contribution in [-0.2, 0) is 19.1 Å². The molecule has 8 heteroatoms. The smallest absolute Gasteiger partial charge is 0.235 e. The molecule has 0 aromatic heterocycles. The number of thioether (sulfide) groups is 2. The van der Waals surface area contributed by atoms with Gasteiger partial charge in [-0.1, -0.05) is 58.1 Å². The lowest BCUT2D eigenvalue weighted by molar-refractivity contribution is -0.561. The fraction of sp³-hybridized carbons (Fsp3) is 0.651. The van der Waals surface area contributed by atoms with Crippen LogP contribution >= 0.6 is 23.5 Å². The molecule has 6 nitrogen and oxygen atoms in total. The first kappa shape index (κ1) is 38.6. The first-order chi connectivity index (χ1) is 24.4. The minimum Gasteiger partial charge on any atom is -0.379 e. The number of aldehydes is 2. The van der Waals surface area contributed by atoms with Gasteiger partial charge in [0.25, 0.3) is 0 Å². The Morgan fingerprint density at radius 2 is 1.45 bits per heavy atom. The second kappa shape index (κ2) is 16.1. The summed E-state index contributed by atoms with van der Waals surface area (Å²) in [5.74, 6) is -0.309. The number of rotatable bonds is 10. The van der Waals surface area contributed by atoms with Gasteiger partial charge in [-0.05, 0) is 110 Å². The summed E-state index contributed by atoms with van der Waals surface area (Å²) in [6.07, 6.45) is 26.9. The van der Waals surface area contributed by atoms with Gasteiger partial charge in [-0.15, -0.1) is 11.8 Å². The largest absolute Gasteiger partial charge is 0.379 e. The molecule has 0 bridgehead atoms. The van der Waals surface area contributed by atoms with Crippen molar-refractivity contribution in [3.8, 4) is 0 Å². The van der Waals surface area contributed by atoms with Crippen LogP contribution in [0.4, 0.5) is 0 Å². The van der Waals surface area contributed by atoms with E-state index in [0.717, 1.165) is 77.0 Å². The van der Waals surface area contributed by atoms with Gasteiger partial charge in [0.05, 0.1) is 22.5 Å². The van der Waals surface area contributed by atoms with E-state index in [0.29, 0.717) is 22.6 Å². The summed E-state index contributed by atoms with van der Waals surface area (Å²) in [4.78, 5) is 26.0. The molecule has 4 aliphatic carbocycles. The molecule has 3 fully saturated rings. The average molecular weight is 734 g/mol. The van der Waals surface area contributed by atoms with Crippen molar-refractivity contribution in [1.29, 1.82) is 0 Å². The first-order valence-corrected chi connectivity index (χ1v) is 21.1. The molecule has 0 aromatic carbocycles. The third-order valence-electron chi connectivity index (χ3n) is 12.0. The van der Waals surface area contributed by atoms with E-state index in [1.54, 1.807) is 0 Å². The maximum absolute atomic E-state index is 11.8. The highest BCUT2D eigenvalue weighted by molar-refractivity contribution is 8.14. The predicted octanol–water partition coefficient (Wildman–Crippen LogP) is 8.70. The van der Waals surface area contributed by atoms with E-state index in [1.165, 1.54) is 32.4 Å². The Kier molecular flexibility index (Phi) is 12.2. The zero-order valence-electron chi connectivity index (χ0n) is 32.2. The number of allylic oxidation sites excluding steroid dienone is 10. The highest BCUT2D eigenvalue weighted by Gasteiger charge is 2.49. The summed E-state index contributed by atoms with van der Waals surface area (Å²) in [7, 11) is 3.64. The lowest BCUT2D eigenvalue weighted by atomic mass is 9.74. The van der Waals surface area contributed by atoms with Crippen LogP contribution in [0.25, 0.3) is 0 Å². The standard InChI is InChI=1S/C43H61N2O4S2/c1-9-44-34-18-32(26-46)33(27-47)19-38(34)50-40(44)16-30-14-28(22-42(3,4)24-30)12-11-13-29-15-31(25-43(5,6)23-29)17-41-45(10-2)35-20-36(48-7)37(49-8)21-39(35)51-41/h11-17,26-27,32-39H,9-10,18-25H2,1-8H3/q+1. The zero-order valence-corrected chi connectivity index (χ0v) is 33.9. The molecule has 6 rings (SSSR count). The SMILES string of the molecule is CCN1/C(=C/C2=CC(=C/C=C/C3=CC(=C/C4=[N+](CC)C5CC(OC)C(OC)CC5S4)/CC(C)(C)C3)/CC(C)(C)C2)SC2CC(C=O)C(C=O)CC21. The van der Waals surface area contributed by atoms with E-state index >= 15 is 0 Å². The lowest BCUT2D eigenvalue weighted by Crippen LogP contribution is -2.47. The van der Waals surface area contributed by atoms with Crippen molar-refractivity contribution in [2.45, 2.75) is 128 Å². The van der Waals surface area contributed by atoms with Crippen LogP contribution in [-0.4, -0.2) is 89.2 Å². The van der Waals surface area contributed by atoms with Crippen molar-refractivity contribution in [3.05, 3.63) is 69.9 Å². The van der Waals surface area contributed by atoms with Gasteiger partial charge in [0.15, 0.2) is 6.04 Å². The second-order valence-electron chi connectivity index (χ2n) is 17.2. The van der Waals surface area contributed by atoms with Crippen molar-refractivity contribution in [2.24, 2.45) is 22.7 Å². The summed E-state index contributed by atoms with van der Waals surface area (Å²) >= 11 is 3.96. The number of hydrogen-bond acceptors (Lipinski definition) is 7. The van der Waals surface area contributed by atoms with Crippen LogP contribution in [0.5, 0.6) is 0 Å². The van der Waals surface area contributed by atoms with E-state index in [2.05, 4.69) is 93.5 Å². The molecule has 0 spiro atoms. The van der Waals surface area contributed by atoms with Crippen LogP contribution in [0, 0.1) is 22.7 Å². The van der Waals surface area contributed by atoms with Crippen LogP contribution in [0.1, 0.15) is 92.9 Å². The number of nitrogens with zero attached hydrogens (tertiary/aromatic N) is 2. The molecule has 2 heterocycles. The van der Waals surface area contributed by atoms with Crippen molar-refractivity contribution >= 4 is 41.1 Å². The van der Waals surface area contributed by atoms with Crippen molar-refractivity contribution in [2.75, 3.05) is 27.3 Å². The quantitative estimate of drug-likeness (QED) is 0.165. The predicted molar refractivity (Wildman–Crippen MR) is 213 cm³/mol. The van der Waals surface area contributed by atoms with Gasteiger partial charge in [-0.2, -0.15) is 0 Å². The Hall–Kier alpha value is -2.13. The molecular formula is C43H61N2O4S2+. The average Bonchev–Trinajstić information content (AvgIpc) is 3.60.